The van der Waals surface area contributed by atoms with Crippen molar-refractivity contribution >= 4 is 5.97 Å². The normalized spacial score (nSPS) is 11.0. The summed E-state index contributed by atoms with van der Waals surface area (Å²) in [6.45, 7) is 6.30. The zero-order valence-corrected chi connectivity index (χ0v) is 9.67. The average molecular weight is 202 g/mol. The zero-order valence-electron chi connectivity index (χ0n) is 9.67. The van der Waals surface area contributed by atoms with E-state index < -0.39 is 0 Å². The molecule has 0 fully saturated rings. The molecule has 0 saturated heterocycles. The van der Waals surface area contributed by atoms with Gasteiger partial charge >= 0.3 is 5.97 Å². The molecule has 0 atom stereocenters. The Morgan fingerprint density at radius 2 is 2.00 bits per heavy atom. The van der Waals surface area contributed by atoms with Gasteiger partial charge in [-0.1, -0.05) is 0 Å². The molecular weight excluding hydrogens is 180 g/mol. The molecule has 14 heavy (non-hydrogen) atoms. The van der Waals surface area contributed by atoms with Gasteiger partial charge < -0.3 is 15.0 Å². The maximum atomic E-state index is 11.1. The summed E-state index contributed by atoms with van der Waals surface area (Å²) in [6, 6.07) is 0. The summed E-state index contributed by atoms with van der Waals surface area (Å²) in [4.78, 5) is 13.2. The van der Waals surface area contributed by atoms with Crippen molar-refractivity contribution in [3.8, 4) is 0 Å². The SMILES string of the molecule is CC(C)OC(=O)CCNCCN(C)C. The molecule has 0 heterocycles. The zero-order chi connectivity index (χ0) is 11.0. The second-order valence-corrected chi connectivity index (χ2v) is 3.84. The number of likely N-dealkylation sites (N-methyl/N-ethyl adjacent to an activating group) is 1. The molecule has 0 aliphatic carbocycles. The second-order valence-electron chi connectivity index (χ2n) is 3.84. The van der Waals surface area contributed by atoms with E-state index in [0.29, 0.717) is 13.0 Å². The minimum Gasteiger partial charge on any atom is -0.463 e. The number of rotatable bonds is 7. The van der Waals surface area contributed by atoms with Gasteiger partial charge in [-0.15, -0.1) is 0 Å². The van der Waals surface area contributed by atoms with Crippen molar-refractivity contribution < 1.29 is 9.53 Å². The molecule has 0 spiro atoms. The van der Waals surface area contributed by atoms with E-state index in [4.69, 9.17) is 4.74 Å². The fourth-order valence-corrected chi connectivity index (χ4v) is 0.940. The molecule has 0 amide bonds. The van der Waals surface area contributed by atoms with Crippen LogP contribution in [0.5, 0.6) is 0 Å². The molecule has 0 radical (unpaired) electrons. The number of nitrogens with zero attached hydrogens (tertiary/aromatic N) is 1. The first-order valence-electron chi connectivity index (χ1n) is 5.07. The summed E-state index contributed by atoms with van der Waals surface area (Å²) in [5, 5.41) is 3.18. The third-order valence-corrected chi connectivity index (χ3v) is 1.61. The fraction of sp³-hybridized carbons (Fsp3) is 0.900. The molecule has 0 aliphatic heterocycles. The van der Waals surface area contributed by atoms with Crippen molar-refractivity contribution in [2.45, 2.75) is 26.4 Å². The first kappa shape index (κ1) is 13.4. The average Bonchev–Trinajstić information content (AvgIpc) is 2.01. The van der Waals surface area contributed by atoms with Gasteiger partial charge in [0.1, 0.15) is 0 Å². The van der Waals surface area contributed by atoms with Crippen LogP contribution in [-0.4, -0.2) is 50.7 Å². The Balaban J connectivity index is 3.23. The Hall–Kier alpha value is -0.610. The van der Waals surface area contributed by atoms with E-state index in [9.17, 15) is 4.79 Å². The summed E-state index contributed by atoms with van der Waals surface area (Å²) < 4.78 is 4.99. The van der Waals surface area contributed by atoms with Gasteiger partial charge in [-0.05, 0) is 27.9 Å². The molecule has 0 aromatic heterocycles. The van der Waals surface area contributed by atoms with Crippen molar-refractivity contribution in [3.63, 3.8) is 0 Å². The van der Waals surface area contributed by atoms with E-state index in [2.05, 4.69) is 10.2 Å². The van der Waals surface area contributed by atoms with Gasteiger partial charge in [-0.2, -0.15) is 0 Å². The van der Waals surface area contributed by atoms with Crippen LogP contribution in [0.2, 0.25) is 0 Å². The van der Waals surface area contributed by atoms with Gasteiger partial charge in [0.25, 0.3) is 0 Å². The Morgan fingerprint density at radius 1 is 1.36 bits per heavy atom. The maximum Gasteiger partial charge on any atom is 0.307 e. The number of nitrogens with one attached hydrogen (secondary N) is 1. The third kappa shape index (κ3) is 9.48. The van der Waals surface area contributed by atoms with E-state index in [1.807, 2.05) is 27.9 Å². The number of carbonyl (C=O) groups excluding carboxylic acids is 1. The molecule has 1 N–H and O–H groups in total. The van der Waals surface area contributed by atoms with E-state index in [0.717, 1.165) is 13.1 Å². The van der Waals surface area contributed by atoms with Crippen LogP contribution in [0.1, 0.15) is 20.3 Å². The Kier molecular flexibility index (Phi) is 7.42. The molecule has 0 rings (SSSR count). The van der Waals surface area contributed by atoms with E-state index in [1.165, 1.54) is 0 Å². The lowest BCUT2D eigenvalue weighted by Gasteiger charge is -2.10. The summed E-state index contributed by atoms with van der Waals surface area (Å²) in [7, 11) is 4.05. The highest BCUT2D eigenvalue weighted by Crippen LogP contribution is 1.91. The van der Waals surface area contributed by atoms with Gasteiger partial charge in [0.2, 0.25) is 0 Å². The van der Waals surface area contributed by atoms with Crippen molar-refractivity contribution in [2.75, 3.05) is 33.7 Å². The minimum atomic E-state index is -0.127. The highest BCUT2D eigenvalue weighted by atomic mass is 16.5. The molecule has 4 heteroatoms. The van der Waals surface area contributed by atoms with Crippen LogP contribution in [0.25, 0.3) is 0 Å². The first-order valence-corrected chi connectivity index (χ1v) is 5.07. The van der Waals surface area contributed by atoms with Gasteiger partial charge in [-0.3, -0.25) is 4.79 Å². The Bertz CT molecular complexity index is 158. The van der Waals surface area contributed by atoms with Crippen molar-refractivity contribution in [1.29, 1.82) is 0 Å². The lowest BCUT2D eigenvalue weighted by molar-refractivity contribution is -0.147. The summed E-state index contributed by atoms with van der Waals surface area (Å²) >= 11 is 0. The first-order chi connectivity index (χ1) is 6.52. The molecule has 0 saturated carbocycles. The van der Waals surface area contributed by atoms with Crippen LogP contribution >= 0.6 is 0 Å². The maximum absolute atomic E-state index is 11.1. The van der Waals surface area contributed by atoms with E-state index in [1.54, 1.807) is 0 Å². The van der Waals surface area contributed by atoms with Gasteiger partial charge in [0, 0.05) is 19.6 Å². The van der Waals surface area contributed by atoms with Crippen LogP contribution in [0, 0.1) is 0 Å². The lowest BCUT2D eigenvalue weighted by Crippen LogP contribution is -2.28. The summed E-state index contributed by atoms with van der Waals surface area (Å²) in [5.74, 6) is -0.127. The standard InChI is InChI=1S/C10H22N2O2/c1-9(2)14-10(13)5-6-11-7-8-12(3)4/h9,11H,5-8H2,1-4H3. The lowest BCUT2D eigenvalue weighted by atomic mass is 10.4. The molecule has 0 aromatic rings. The topological polar surface area (TPSA) is 41.6 Å². The highest BCUT2D eigenvalue weighted by molar-refractivity contribution is 5.69. The molecular formula is C10H22N2O2. The largest absolute Gasteiger partial charge is 0.463 e. The number of hydrogen-bond donors (Lipinski definition) is 1. The van der Waals surface area contributed by atoms with E-state index in [-0.39, 0.29) is 12.1 Å². The van der Waals surface area contributed by atoms with Crippen molar-refractivity contribution in [2.24, 2.45) is 0 Å². The van der Waals surface area contributed by atoms with Crippen LogP contribution in [0.3, 0.4) is 0 Å². The van der Waals surface area contributed by atoms with Crippen LogP contribution < -0.4 is 5.32 Å². The van der Waals surface area contributed by atoms with Gasteiger partial charge in [0.05, 0.1) is 12.5 Å². The molecule has 84 valence electrons. The fourth-order valence-electron chi connectivity index (χ4n) is 0.940. The third-order valence-electron chi connectivity index (χ3n) is 1.61. The summed E-state index contributed by atoms with van der Waals surface area (Å²) in [5.41, 5.74) is 0. The second kappa shape index (κ2) is 7.76. The van der Waals surface area contributed by atoms with Crippen molar-refractivity contribution in [3.05, 3.63) is 0 Å². The van der Waals surface area contributed by atoms with Gasteiger partial charge in [-0.25, -0.2) is 0 Å². The monoisotopic (exact) mass is 202 g/mol. The smallest absolute Gasteiger partial charge is 0.307 e. The van der Waals surface area contributed by atoms with Crippen molar-refractivity contribution in [1.82, 2.24) is 10.2 Å². The van der Waals surface area contributed by atoms with E-state index >= 15 is 0 Å². The number of hydrogen-bond acceptors (Lipinski definition) is 4. The van der Waals surface area contributed by atoms with Crippen LogP contribution in [-0.2, 0) is 9.53 Å². The number of esters is 1. The van der Waals surface area contributed by atoms with Gasteiger partial charge in [0.15, 0.2) is 0 Å². The number of ether oxygens (including phenoxy) is 1. The molecule has 0 aromatic carbocycles. The van der Waals surface area contributed by atoms with Crippen LogP contribution in [0.15, 0.2) is 0 Å². The quantitative estimate of drug-likeness (QED) is 0.481. The Morgan fingerprint density at radius 3 is 2.50 bits per heavy atom. The molecule has 0 aliphatic rings. The molecule has 0 unspecified atom stereocenters. The molecule has 4 nitrogen and oxygen atoms in total. The summed E-state index contributed by atoms with van der Waals surface area (Å²) in [6.07, 6.45) is 0.440. The molecule has 0 bridgehead atoms. The highest BCUT2D eigenvalue weighted by Gasteiger charge is 2.03. The van der Waals surface area contributed by atoms with Crippen LogP contribution in [0.4, 0.5) is 0 Å². The Labute approximate surface area is 86.6 Å². The minimum absolute atomic E-state index is 0.00993. The predicted molar refractivity (Wildman–Crippen MR) is 57.3 cm³/mol. The number of carbonyl (C=O) groups is 1. The predicted octanol–water partition coefficient (Wildman–Crippen LogP) is 0.479.